The molecule has 0 radical (unpaired) electrons. The van der Waals surface area contributed by atoms with Crippen molar-refractivity contribution in [3.8, 4) is 0 Å². The predicted octanol–water partition coefficient (Wildman–Crippen LogP) is 2.85. The van der Waals surface area contributed by atoms with Crippen LogP contribution in [0.15, 0.2) is 22.7 Å². The lowest BCUT2D eigenvalue weighted by molar-refractivity contribution is -0.384. The van der Waals surface area contributed by atoms with Crippen molar-refractivity contribution >= 4 is 17.5 Å². The Balaban J connectivity index is 1.55. The van der Waals surface area contributed by atoms with E-state index in [-0.39, 0.29) is 11.5 Å². The minimum Gasteiger partial charge on any atom is -0.464 e. The smallest absolute Gasteiger partial charge is 0.329 e. The minimum absolute atomic E-state index is 0.109. The second-order valence-corrected chi connectivity index (χ2v) is 6.68. The molecular formula is C16H19N5O3. The van der Waals surface area contributed by atoms with E-state index in [9.17, 15) is 10.1 Å². The van der Waals surface area contributed by atoms with Gasteiger partial charge < -0.3 is 15.1 Å². The number of nitro groups is 1. The molecule has 8 nitrogen and oxygen atoms in total. The zero-order valence-electron chi connectivity index (χ0n) is 13.4. The van der Waals surface area contributed by atoms with Gasteiger partial charge in [0.05, 0.1) is 11.5 Å². The molecule has 0 bridgehead atoms. The van der Waals surface area contributed by atoms with Crippen molar-refractivity contribution in [1.29, 1.82) is 0 Å². The fourth-order valence-corrected chi connectivity index (χ4v) is 2.97. The second-order valence-electron chi connectivity index (χ2n) is 6.68. The Hall–Kier alpha value is -2.64. The molecular weight excluding hydrogens is 310 g/mol. The predicted molar refractivity (Wildman–Crippen MR) is 87.5 cm³/mol. The lowest BCUT2D eigenvalue weighted by Gasteiger charge is -2.21. The summed E-state index contributed by atoms with van der Waals surface area (Å²) in [5.74, 6) is 3.44. The third-order valence-corrected chi connectivity index (χ3v) is 4.71. The van der Waals surface area contributed by atoms with Gasteiger partial charge in [-0.3, -0.25) is 10.1 Å². The summed E-state index contributed by atoms with van der Waals surface area (Å²) < 4.78 is 5.96. The van der Waals surface area contributed by atoms with Gasteiger partial charge >= 0.3 is 5.69 Å². The summed E-state index contributed by atoms with van der Waals surface area (Å²) in [6.07, 6.45) is 4.45. The van der Waals surface area contributed by atoms with Crippen LogP contribution in [0, 0.1) is 16.0 Å². The Kier molecular flexibility index (Phi) is 3.40. The van der Waals surface area contributed by atoms with Gasteiger partial charge in [-0.2, -0.15) is 4.98 Å². The topological polar surface area (TPSA) is 111 Å². The van der Waals surface area contributed by atoms with Crippen molar-refractivity contribution < 1.29 is 9.34 Å². The maximum atomic E-state index is 10.9. The van der Waals surface area contributed by atoms with Gasteiger partial charge in [0.1, 0.15) is 17.7 Å². The van der Waals surface area contributed by atoms with Crippen LogP contribution in [0.5, 0.6) is 0 Å². The molecule has 2 saturated carbocycles. The van der Waals surface area contributed by atoms with Crippen molar-refractivity contribution in [2.24, 2.45) is 5.92 Å². The highest BCUT2D eigenvalue weighted by Crippen LogP contribution is 2.47. The number of nitrogen functional groups attached to an aromatic ring is 1. The average Bonchev–Trinajstić information content (AvgIpc) is 3.45. The van der Waals surface area contributed by atoms with Crippen molar-refractivity contribution in [3.63, 3.8) is 0 Å². The van der Waals surface area contributed by atoms with Crippen LogP contribution in [-0.2, 0) is 6.54 Å². The molecule has 0 unspecified atom stereocenters. The number of rotatable bonds is 6. The molecule has 2 aliphatic carbocycles. The molecule has 2 atom stereocenters. The molecule has 2 N–H and O–H groups in total. The van der Waals surface area contributed by atoms with Crippen molar-refractivity contribution in [1.82, 2.24) is 9.97 Å². The molecule has 0 amide bonds. The first-order valence-corrected chi connectivity index (χ1v) is 8.15. The van der Waals surface area contributed by atoms with E-state index in [1.165, 1.54) is 12.6 Å². The number of hydrogen-bond donors (Lipinski definition) is 1. The summed E-state index contributed by atoms with van der Waals surface area (Å²) in [6, 6.07) is 4.36. The number of hydrogen-bond acceptors (Lipinski definition) is 7. The monoisotopic (exact) mass is 329 g/mol. The molecule has 0 saturated heterocycles. The molecule has 2 aliphatic rings. The fourth-order valence-electron chi connectivity index (χ4n) is 2.97. The number of furan rings is 1. The highest BCUT2D eigenvalue weighted by molar-refractivity contribution is 5.54. The molecule has 8 heteroatoms. The lowest BCUT2D eigenvalue weighted by Crippen LogP contribution is -2.27. The van der Waals surface area contributed by atoms with Crippen LogP contribution >= 0.6 is 0 Å². The largest absolute Gasteiger partial charge is 0.464 e. The van der Waals surface area contributed by atoms with E-state index < -0.39 is 4.92 Å². The first-order valence-electron chi connectivity index (χ1n) is 8.15. The van der Waals surface area contributed by atoms with Crippen molar-refractivity contribution in [3.05, 3.63) is 40.0 Å². The van der Waals surface area contributed by atoms with Gasteiger partial charge in [-0.15, -0.1) is 0 Å². The quantitative estimate of drug-likeness (QED) is 0.640. The summed E-state index contributed by atoms with van der Waals surface area (Å²) in [4.78, 5) is 20.6. The molecule has 126 valence electrons. The Morgan fingerprint density at radius 2 is 2.21 bits per heavy atom. The van der Waals surface area contributed by atoms with E-state index in [0.29, 0.717) is 30.4 Å². The zero-order valence-corrected chi connectivity index (χ0v) is 13.4. The fraction of sp³-hybridized carbons (Fsp3) is 0.500. The molecule has 24 heavy (non-hydrogen) atoms. The van der Waals surface area contributed by atoms with Crippen LogP contribution in [0.3, 0.4) is 0 Å². The van der Waals surface area contributed by atoms with E-state index in [2.05, 4.69) is 16.9 Å². The molecule has 2 aromatic heterocycles. The van der Waals surface area contributed by atoms with Crippen LogP contribution in [0.2, 0.25) is 0 Å². The summed E-state index contributed by atoms with van der Waals surface area (Å²) in [5, 5.41) is 10.9. The summed E-state index contributed by atoms with van der Waals surface area (Å²) in [5.41, 5.74) is 5.43. The first-order chi connectivity index (χ1) is 11.5. The average molecular weight is 329 g/mol. The Bertz CT molecular complexity index is 786. The zero-order chi connectivity index (χ0) is 16.8. The number of nitrogens with zero attached hydrogens (tertiary/aromatic N) is 4. The summed E-state index contributed by atoms with van der Waals surface area (Å²) in [6.45, 7) is 2.76. The third kappa shape index (κ3) is 2.79. The van der Waals surface area contributed by atoms with Crippen LogP contribution < -0.4 is 10.6 Å². The molecule has 4 rings (SSSR count). The second kappa shape index (κ2) is 5.47. The van der Waals surface area contributed by atoms with E-state index in [1.807, 2.05) is 17.0 Å². The standard InChI is InChI=1S/C16H19N5O3/c1-9-6-12(9)14-5-4-11(24-14)8-20(10-2-3-10)16-18-7-13(21(22)23)15(17)19-16/h4-5,7,9-10,12H,2-3,6,8H2,1H3,(H2,17,18,19)/t9-,12+/m0/s1. The Morgan fingerprint density at radius 3 is 2.79 bits per heavy atom. The maximum Gasteiger partial charge on any atom is 0.329 e. The van der Waals surface area contributed by atoms with Gasteiger partial charge in [0.2, 0.25) is 11.8 Å². The van der Waals surface area contributed by atoms with E-state index in [4.69, 9.17) is 10.2 Å². The van der Waals surface area contributed by atoms with E-state index in [0.717, 1.165) is 24.4 Å². The molecule has 2 fully saturated rings. The Labute approximate surface area is 138 Å². The van der Waals surface area contributed by atoms with Gasteiger partial charge in [-0.1, -0.05) is 6.92 Å². The van der Waals surface area contributed by atoms with Gasteiger partial charge in [0.15, 0.2) is 0 Å². The summed E-state index contributed by atoms with van der Waals surface area (Å²) >= 11 is 0. The van der Waals surface area contributed by atoms with E-state index in [1.54, 1.807) is 0 Å². The van der Waals surface area contributed by atoms with Gasteiger partial charge in [-0.25, -0.2) is 4.98 Å². The van der Waals surface area contributed by atoms with E-state index >= 15 is 0 Å². The number of aromatic nitrogens is 2. The van der Waals surface area contributed by atoms with Gasteiger partial charge in [0, 0.05) is 12.0 Å². The van der Waals surface area contributed by atoms with Crippen LogP contribution in [-0.4, -0.2) is 20.9 Å². The minimum atomic E-state index is -0.573. The van der Waals surface area contributed by atoms with Crippen LogP contribution in [0.1, 0.15) is 43.6 Å². The normalized spacial score (nSPS) is 22.4. The van der Waals surface area contributed by atoms with Crippen molar-refractivity contribution in [2.75, 3.05) is 10.6 Å². The number of nitrogens with two attached hydrogens (primary N) is 1. The molecule has 2 heterocycles. The molecule has 0 spiro atoms. The van der Waals surface area contributed by atoms with Gasteiger partial charge in [0.25, 0.3) is 0 Å². The summed E-state index contributed by atoms with van der Waals surface area (Å²) in [7, 11) is 0. The highest BCUT2D eigenvalue weighted by Gasteiger charge is 2.37. The van der Waals surface area contributed by atoms with Crippen LogP contribution in [0.4, 0.5) is 17.5 Å². The SMILES string of the molecule is C[C@H]1C[C@H]1c1ccc(CN(c2ncc([N+](=O)[O-])c(N)n2)C2CC2)o1. The molecule has 2 aromatic rings. The van der Waals surface area contributed by atoms with Crippen LogP contribution in [0.25, 0.3) is 0 Å². The first kappa shape index (κ1) is 14.9. The molecule has 0 aliphatic heterocycles. The number of anilines is 2. The Morgan fingerprint density at radius 1 is 1.46 bits per heavy atom. The maximum absolute atomic E-state index is 10.9. The highest BCUT2D eigenvalue weighted by atomic mass is 16.6. The third-order valence-electron chi connectivity index (χ3n) is 4.71. The van der Waals surface area contributed by atoms with Gasteiger partial charge in [-0.05, 0) is 37.3 Å². The van der Waals surface area contributed by atoms with Crippen molar-refractivity contribution in [2.45, 2.75) is 44.7 Å². The molecule has 0 aromatic carbocycles. The lowest BCUT2D eigenvalue weighted by atomic mass is 10.3.